The summed E-state index contributed by atoms with van der Waals surface area (Å²) < 4.78 is 8.08. The van der Waals surface area contributed by atoms with Crippen molar-refractivity contribution in [1.29, 1.82) is 10.5 Å². The van der Waals surface area contributed by atoms with Gasteiger partial charge < -0.3 is 10.5 Å². The quantitative estimate of drug-likeness (QED) is 0.546. The van der Waals surface area contributed by atoms with Crippen LogP contribution in [0.5, 0.6) is 5.75 Å². The van der Waals surface area contributed by atoms with E-state index in [-0.39, 0.29) is 5.41 Å². The van der Waals surface area contributed by atoms with Crippen molar-refractivity contribution in [2.24, 2.45) is 11.1 Å². The zero-order valence-electron chi connectivity index (χ0n) is 18.7. The first-order valence-electron chi connectivity index (χ1n) is 10.7. The highest BCUT2D eigenvalue weighted by molar-refractivity contribution is 7.98. The van der Waals surface area contributed by atoms with E-state index in [1.165, 1.54) is 11.8 Å². The molecule has 1 aromatic carbocycles. The molecule has 4 rings (SSSR count). The molecular weight excluding hydrogens is 418 g/mol. The molecule has 7 heteroatoms. The predicted octanol–water partition coefficient (Wildman–Crippen LogP) is 5.14. The lowest BCUT2D eigenvalue weighted by molar-refractivity contribution is 0.101. The van der Waals surface area contributed by atoms with Crippen LogP contribution in [0.25, 0.3) is 16.9 Å². The van der Waals surface area contributed by atoms with E-state index >= 15 is 0 Å². The number of fused-ring (bicyclic) bond motifs is 1. The van der Waals surface area contributed by atoms with Crippen LogP contribution in [0.1, 0.15) is 50.8 Å². The van der Waals surface area contributed by atoms with Gasteiger partial charge >= 0.3 is 0 Å². The number of ether oxygens (including phenoxy) is 1. The summed E-state index contributed by atoms with van der Waals surface area (Å²) in [5.41, 5.74) is 9.82. The summed E-state index contributed by atoms with van der Waals surface area (Å²) in [7, 11) is 0. The average molecular weight is 446 g/mol. The van der Waals surface area contributed by atoms with E-state index < -0.39 is 5.54 Å². The highest BCUT2D eigenvalue weighted by atomic mass is 32.2. The van der Waals surface area contributed by atoms with Gasteiger partial charge in [-0.15, -0.1) is 11.8 Å². The Morgan fingerprint density at radius 3 is 2.72 bits per heavy atom. The molecule has 1 aliphatic rings. The third-order valence-corrected chi connectivity index (χ3v) is 6.97. The van der Waals surface area contributed by atoms with Crippen LogP contribution in [0.3, 0.4) is 0 Å². The number of nitrogens with zero attached hydrogens (tertiary/aromatic N) is 4. The fraction of sp³-hybridized carbons (Fsp3) is 0.400. The molecule has 6 nitrogen and oxygen atoms in total. The van der Waals surface area contributed by atoms with E-state index in [0.717, 1.165) is 41.8 Å². The Kier molecular flexibility index (Phi) is 5.90. The van der Waals surface area contributed by atoms with E-state index in [0.29, 0.717) is 29.3 Å². The third-order valence-electron chi connectivity index (χ3n) is 6.21. The van der Waals surface area contributed by atoms with Gasteiger partial charge in [-0.2, -0.15) is 10.5 Å². The molecule has 1 fully saturated rings. The van der Waals surface area contributed by atoms with Crippen molar-refractivity contribution < 1.29 is 4.74 Å². The first-order valence-corrected chi connectivity index (χ1v) is 11.9. The summed E-state index contributed by atoms with van der Waals surface area (Å²) in [6.07, 6.45) is 7.72. The molecule has 0 aliphatic heterocycles. The summed E-state index contributed by atoms with van der Waals surface area (Å²) in [4.78, 5) is 5.28. The molecule has 1 atom stereocenters. The number of thioether (sulfide) groups is 1. The molecule has 2 aromatic heterocycles. The van der Waals surface area contributed by atoms with E-state index in [1.54, 1.807) is 12.3 Å². The van der Waals surface area contributed by atoms with Gasteiger partial charge in [0.1, 0.15) is 41.4 Å². The van der Waals surface area contributed by atoms with E-state index in [1.807, 2.05) is 34.9 Å². The molecule has 1 saturated carbocycles. The van der Waals surface area contributed by atoms with Gasteiger partial charge in [0.15, 0.2) is 0 Å². The predicted molar refractivity (Wildman–Crippen MR) is 127 cm³/mol. The molecule has 164 valence electrons. The Balaban J connectivity index is 1.75. The summed E-state index contributed by atoms with van der Waals surface area (Å²) in [5, 5.41) is 19.4. The second-order valence-corrected chi connectivity index (χ2v) is 10.2. The normalized spacial score (nSPS) is 19.9. The second-order valence-electron chi connectivity index (χ2n) is 9.37. The number of imidazole rings is 1. The van der Waals surface area contributed by atoms with Gasteiger partial charge in [0.25, 0.3) is 0 Å². The molecule has 2 N–H and O–H groups in total. The van der Waals surface area contributed by atoms with Crippen molar-refractivity contribution in [2.75, 3.05) is 12.9 Å². The van der Waals surface area contributed by atoms with Gasteiger partial charge in [0.05, 0.1) is 17.4 Å². The van der Waals surface area contributed by atoms with Crippen molar-refractivity contribution in [2.45, 2.75) is 50.0 Å². The molecule has 1 aliphatic carbocycles. The van der Waals surface area contributed by atoms with Crippen LogP contribution >= 0.6 is 11.8 Å². The number of nitrogens with two attached hydrogens (primary N) is 1. The van der Waals surface area contributed by atoms with Crippen LogP contribution in [0.15, 0.2) is 41.4 Å². The maximum atomic E-state index is 9.85. The molecule has 32 heavy (non-hydrogen) atoms. The number of rotatable bonds is 5. The average Bonchev–Trinajstić information content (AvgIpc) is 3.20. The van der Waals surface area contributed by atoms with Crippen LogP contribution in [-0.4, -0.2) is 27.8 Å². The van der Waals surface area contributed by atoms with Crippen LogP contribution in [0, 0.1) is 28.1 Å². The van der Waals surface area contributed by atoms with E-state index in [9.17, 15) is 10.5 Å². The Morgan fingerprint density at radius 2 is 2.03 bits per heavy atom. The lowest BCUT2D eigenvalue weighted by atomic mass is 9.69. The van der Waals surface area contributed by atoms with Gasteiger partial charge in [-0.25, -0.2) is 4.98 Å². The molecule has 0 spiro atoms. The smallest absolute Gasteiger partial charge is 0.138 e. The van der Waals surface area contributed by atoms with Gasteiger partial charge in [0, 0.05) is 10.5 Å². The second kappa shape index (κ2) is 8.50. The van der Waals surface area contributed by atoms with Crippen LogP contribution in [0.4, 0.5) is 0 Å². The van der Waals surface area contributed by atoms with Gasteiger partial charge in [0.2, 0.25) is 0 Å². The number of hydrogen-bond donors (Lipinski definition) is 1. The summed E-state index contributed by atoms with van der Waals surface area (Å²) >= 11 is 1.49. The highest BCUT2D eigenvalue weighted by Gasteiger charge is 2.38. The Bertz CT molecular complexity index is 1250. The van der Waals surface area contributed by atoms with Gasteiger partial charge in [-0.3, -0.25) is 4.40 Å². The number of hydrogen-bond acceptors (Lipinski definition) is 6. The van der Waals surface area contributed by atoms with Gasteiger partial charge in [-0.1, -0.05) is 26.3 Å². The summed E-state index contributed by atoms with van der Waals surface area (Å²) in [6.45, 7) is 4.86. The van der Waals surface area contributed by atoms with Crippen LogP contribution in [0.2, 0.25) is 0 Å². The fourth-order valence-corrected chi connectivity index (χ4v) is 5.44. The molecule has 0 saturated heterocycles. The minimum absolute atomic E-state index is 0.185. The van der Waals surface area contributed by atoms with Crippen molar-refractivity contribution >= 4 is 17.4 Å². The maximum absolute atomic E-state index is 9.85. The first-order chi connectivity index (χ1) is 15.3. The maximum Gasteiger partial charge on any atom is 0.138 e. The standard InChI is InChI=1S/C25H27N5OS/c1-24(2)8-5-9-25(28,15-24)16-31-21-10-17(11-22(32-3)19(21)13-27)20-14-29-23-7-4-6-18(12-26)30(20)23/h4,6-7,10-11,14H,5,8-9,15-16,28H2,1-3H3. The minimum Gasteiger partial charge on any atom is -0.490 e. The zero-order valence-corrected chi connectivity index (χ0v) is 19.5. The third kappa shape index (κ3) is 4.19. The Hall–Kier alpha value is -3.00. The van der Waals surface area contributed by atoms with Crippen molar-refractivity contribution in [3.63, 3.8) is 0 Å². The molecule has 0 radical (unpaired) electrons. The fourth-order valence-electron chi connectivity index (χ4n) is 4.84. The molecule has 1 unspecified atom stereocenters. The number of aromatic nitrogens is 2. The van der Waals surface area contributed by atoms with Gasteiger partial charge in [-0.05, 0) is 55.2 Å². The first kappa shape index (κ1) is 22.2. The van der Waals surface area contributed by atoms with E-state index in [2.05, 4.69) is 31.0 Å². The van der Waals surface area contributed by atoms with Crippen LogP contribution in [-0.2, 0) is 0 Å². The lowest BCUT2D eigenvalue weighted by Crippen LogP contribution is -2.51. The molecular formula is C25H27N5OS. The van der Waals surface area contributed by atoms with E-state index in [4.69, 9.17) is 10.5 Å². The molecule has 0 amide bonds. The summed E-state index contributed by atoms with van der Waals surface area (Å²) in [5.74, 6) is 0.520. The highest BCUT2D eigenvalue weighted by Crippen LogP contribution is 2.41. The number of benzene rings is 1. The van der Waals surface area contributed by atoms with Crippen molar-refractivity contribution in [3.05, 3.63) is 47.8 Å². The Labute approximate surface area is 193 Å². The minimum atomic E-state index is -0.415. The molecule has 3 aromatic rings. The lowest BCUT2D eigenvalue weighted by Gasteiger charge is -2.42. The monoisotopic (exact) mass is 445 g/mol. The number of nitriles is 2. The molecule has 0 bridgehead atoms. The summed E-state index contributed by atoms with van der Waals surface area (Å²) in [6, 6.07) is 13.8. The van der Waals surface area contributed by atoms with Crippen LogP contribution < -0.4 is 10.5 Å². The topological polar surface area (TPSA) is 100 Å². The molecule has 2 heterocycles. The SMILES string of the molecule is CSc1cc(-c2cnc3cccc(C#N)n23)cc(OCC2(N)CCCC(C)(C)C2)c1C#N. The zero-order chi connectivity index (χ0) is 22.9. The Morgan fingerprint density at radius 1 is 1.22 bits per heavy atom. The number of pyridine rings is 1. The van der Waals surface area contributed by atoms with Crippen molar-refractivity contribution in [3.8, 4) is 29.1 Å². The largest absolute Gasteiger partial charge is 0.490 e. The van der Waals surface area contributed by atoms with Crippen molar-refractivity contribution in [1.82, 2.24) is 9.38 Å².